The van der Waals surface area contributed by atoms with Crippen LogP contribution in [0.1, 0.15) is 24.9 Å². The number of nitrogens with one attached hydrogen (secondary N) is 1. The van der Waals surface area contributed by atoms with Gasteiger partial charge in [-0.1, -0.05) is 19.1 Å². The van der Waals surface area contributed by atoms with E-state index in [2.05, 4.69) is 41.4 Å². The van der Waals surface area contributed by atoms with E-state index in [0.717, 1.165) is 18.7 Å². The molecule has 2 rings (SSSR count). The summed E-state index contributed by atoms with van der Waals surface area (Å²) in [6.45, 7) is 2.90. The number of hydrogen-bond donors (Lipinski definition) is 1. The van der Waals surface area contributed by atoms with Crippen LogP contribution in [0.25, 0.3) is 0 Å². The van der Waals surface area contributed by atoms with Crippen LogP contribution in [0, 0.1) is 5.92 Å². The molecular weight excluding hydrogens is 272 g/mol. The summed E-state index contributed by atoms with van der Waals surface area (Å²) in [5, 5.41) is 3.45. The first kappa shape index (κ1) is 15.3. The molecule has 0 aliphatic carbocycles. The van der Waals surface area contributed by atoms with Gasteiger partial charge in [0.05, 0.1) is 11.5 Å². The fourth-order valence-corrected chi connectivity index (χ4v) is 4.68. The summed E-state index contributed by atoms with van der Waals surface area (Å²) < 4.78 is 23.4. The van der Waals surface area contributed by atoms with Crippen molar-refractivity contribution >= 4 is 15.5 Å². The Hall–Kier alpha value is -1.07. The molecule has 1 N–H and O–H groups in total. The molecule has 20 heavy (non-hydrogen) atoms. The van der Waals surface area contributed by atoms with E-state index >= 15 is 0 Å². The summed E-state index contributed by atoms with van der Waals surface area (Å²) in [5.41, 5.74) is 2.34. The Morgan fingerprint density at radius 3 is 2.40 bits per heavy atom. The number of nitrogens with zero attached hydrogens (tertiary/aromatic N) is 1. The highest BCUT2D eigenvalue weighted by Crippen LogP contribution is 2.32. The number of anilines is 1. The van der Waals surface area contributed by atoms with Gasteiger partial charge in [0.2, 0.25) is 0 Å². The third kappa shape index (κ3) is 3.52. The van der Waals surface area contributed by atoms with Gasteiger partial charge in [-0.3, -0.25) is 0 Å². The zero-order valence-electron chi connectivity index (χ0n) is 12.5. The first-order chi connectivity index (χ1) is 9.43. The van der Waals surface area contributed by atoms with Crippen LogP contribution in [0.15, 0.2) is 24.3 Å². The van der Waals surface area contributed by atoms with E-state index in [1.165, 1.54) is 5.56 Å². The summed E-state index contributed by atoms with van der Waals surface area (Å²) in [6.07, 6.45) is 0.759. The molecule has 1 aromatic rings. The first-order valence-corrected chi connectivity index (χ1v) is 8.96. The summed E-state index contributed by atoms with van der Waals surface area (Å²) in [6, 6.07) is 8.52. The minimum Gasteiger partial charge on any atom is -0.378 e. The van der Waals surface area contributed by atoms with Crippen LogP contribution in [-0.2, 0) is 9.84 Å². The lowest BCUT2D eigenvalue weighted by Crippen LogP contribution is -2.29. The van der Waals surface area contributed by atoms with Crippen molar-refractivity contribution < 1.29 is 8.42 Å². The lowest BCUT2D eigenvalue weighted by atomic mass is 9.92. The van der Waals surface area contributed by atoms with Gasteiger partial charge < -0.3 is 10.2 Å². The Kier molecular flexibility index (Phi) is 4.70. The Morgan fingerprint density at radius 2 is 1.95 bits per heavy atom. The van der Waals surface area contributed by atoms with E-state index in [1.54, 1.807) is 0 Å². The normalized spacial score (nSPS) is 22.6. The Balaban J connectivity index is 2.20. The average Bonchev–Trinajstić information content (AvgIpc) is 2.76. The largest absolute Gasteiger partial charge is 0.378 e. The van der Waals surface area contributed by atoms with Gasteiger partial charge in [-0.05, 0) is 36.6 Å². The van der Waals surface area contributed by atoms with Crippen LogP contribution < -0.4 is 10.2 Å². The number of hydrogen-bond acceptors (Lipinski definition) is 4. The van der Waals surface area contributed by atoms with Crippen molar-refractivity contribution in [2.45, 2.75) is 19.4 Å². The zero-order valence-corrected chi connectivity index (χ0v) is 13.3. The van der Waals surface area contributed by atoms with Crippen LogP contribution in [-0.4, -0.2) is 40.6 Å². The molecule has 0 saturated carbocycles. The molecule has 1 heterocycles. The van der Waals surface area contributed by atoms with Gasteiger partial charge in [0.1, 0.15) is 0 Å². The smallest absolute Gasteiger partial charge is 0.150 e. The second-order valence-corrected chi connectivity index (χ2v) is 7.91. The highest BCUT2D eigenvalue weighted by atomic mass is 32.2. The average molecular weight is 296 g/mol. The van der Waals surface area contributed by atoms with Crippen molar-refractivity contribution in [1.82, 2.24) is 5.32 Å². The molecule has 0 radical (unpaired) electrons. The van der Waals surface area contributed by atoms with Crippen molar-refractivity contribution in [2.24, 2.45) is 5.92 Å². The molecule has 1 fully saturated rings. The summed E-state index contributed by atoms with van der Waals surface area (Å²) in [4.78, 5) is 2.06. The van der Waals surface area contributed by atoms with Crippen molar-refractivity contribution in [2.75, 3.05) is 37.0 Å². The van der Waals surface area contributed by atoms with Crippen molar-refractivity contribution in [3.05, 3.63) is 29.8 Å². The number of rotatable bonds is 5. The predicted molar refractivity (Wildman–Crippen MR) is 83.9 cm³/mol. The summed E-state index contributed by atoms with van der Waals surface area (Å²) >= 11 is 0. The maximum Gasteiger partial charge on any atom is 0.150 e. The van der Waals surface area contributed by atoms with Gasteiger partial charge in [-0.25, -0.2) is 8.42 Å². The molecule has 0 amide bonds. The van der Waals surface area contributed by atoms with Gasteiger partial charge in [0, 0.05) is 25.8 Å². The fraction of sp³-hybridized carbons (Fsp3) is 0.600. The lowest BCUT2D eigenvalue weighted by molar-refractivity contribution is 0.400. The van der Waals surface area contributed by atoms with Gasteiger partial charge in [-0.2, -0.15) is 0 Å². The highest BCUT2D eigenvalue weighted by molar-refractivity contribution is 7.91. The van der Waals surface area contributed by atoms with Crippen molar-refractivity contribution in [3.63, 3.8) is 0 Å². The Morgan fingerprint density at radius 1 is 1.30 bits per heavy atom. The number of sulfone groups is 1. The van der Waals surface area contributed by atoms with Crippen LogP contribution >= 0.6 is 0 Å². The zero-order chi connectivity index (χ0) is 14.8. The van der Waals surface area contributed by atoms with Gasteiger partial charge in [0.25, 0.3) is 0 Å². The van der Waals surface area contributed by atoms with E-state index in [4.69, 9.17) is 0 Å². The Bertz CT molecular complexity index is 537. The third-order valence-corrected chi connectivity index (χ3v) is 5.73. The van der Waals surface area contributed by atoms with Crippen molar-refractivity contribution in [1.29, 1.82) is 0 Å². The van der Waals surface area contributed by atoms with Crippen LogP contribution in [0.5, 0.6) is 0 Å². The summed E-state index contributed by atoms with van der Waals surface area (Å²) in [5.74, 6) is 0.820. The fourth-order valence-electron chi connectivity index (χ4n) is 2.84. The van der Waals surface area contributed by atoms with Crippen LogP contribution in [0.2, 0.25) is 0 Å². The molecule has 1 saturated heterocycles. The van der Waals surface area contributed by atoms with E-state index < -0.39 is 9.84 Å². The lowest BCUT2D eigenvalue weighted by Gasteiger charge is -2.24. The van der Waals surface area contributed by atoms with E-state index in [-0.39, 0.29) is 12.0 Å². The van der Waals surface area contributed by atoms with E-state index in [9.17, 15) is 8.42 Å². The molecule has 5 heteroatoms. The van der Waals surface area contributed by atoms with E-state index in [0.29, 0.717) is 11.5 Å². The maximum atomic E-state index is 11.7. The topological polar surface area (TPSA) is 49.4 Å². The first-order valence-electron chi connectivity index (χ1n) is 7.14. The molecule has 1 aliphatic heterocycles. The molecule has 0 aromatic heterocycles. The van der Waals surface area contributed by atoms with Gasteiger partial charge >= 0.3 is 0 Å². The molecule has 1 aromatic carbocycles. The predicted octanol–water partition coefficient (Wildman–Crippen LogP) is 1.84. The molecule has 1 aliphatic rings. The second kappa shape index (κ2) is 6.14. The molecule has 112 valence electrons. The molecule has 4 nitrogen and oxygen atoms in total. The van der Waals surface area contributed by atoms with Crippen molar-refractivity contribution in [3.8, 4) is 0 Å². The Labute approximate surface area is 122 Å². The van der Waals surface area contributed by atoms with Gasteiger partial charge in [0.15, 0.2) is 9.84 Å². The summed E-state index contributed by atoms with van der Waals surface area (Å²) in [7, 11) is 1.19. The van der Waals surface area contributed by atoms with Crippen LogP contribution in [0.4, 0.5) is 5.69 Å². The second-order valence-electron chi connectivity index (χ2n) is 5.68. The minimum absolute atomic E-state index is 0.133. The highest BCUT2D eigenvalue weighted by Gasteiger charge is 2.34. The monoisotopic (exact) mass is 296 g/mol. The minimum atomic E-state index is -2.84. The maximum absolute atomic E-state index is 11.7. The SMILES string of the molecule is CCNC(c1ccc(N(C)C)cc1)C1CCS(=O)(=O)C1. The standard InChI is InChI=1S/C15H24N2O2S/c1-4-16-15(13-9-10-20(18,19)11-13)12-5-7-14(8-6-12)17(2)3/h5-8,13,15-16H,4,9-11H2,1-3H3. The molecule has 2 unspecified atom stereocenters. The van der Waals surface area contributed by atoms with Crippen LogP contribution in [0.3, 0.4) is 0 Å². The van der Waals surface area contributed by atoms with E-state index in [1.807, 2.05) is 14.1 Å². The molecular formula is C15H24N2O2S. The quantitative estimate of drug-likeness (QED) is 0.901. The molecule has 0 bridgehead atoms. The number of benzene rings is 1. The molecule has 2 atom stereocenters. The third-order valence-electron chi connectivity index (χ3n) is 3.93. The van der Waals surface area contributed by atoms with Gasteiger partial charge in [-0.15, -0.1) is 0 Å². The molecule has 0 spiro atoms.